The lowest BCUT2D eigenvalue weighted by Gasteiger charge is -2.17. The molecule has 0 amide bonds. The Bertz CT molecular complexity index is 1250. The fourth-order valence-electron chi connectivity index (χ4n) is 3.99. The van der Waals surface area contributed by atoms with E-state index in [2.05, 4.69) is 91.1 Å². The van der Waals surface area contributed by atoms with E-state index in [-0.39, 0.29) is 6.04 Å². The molecule has 0 spiro atoms. The van der Waals surface area contributed by atoms with Gasteiger partial charge in [0.1, 0.15) is 12.6 Å². The number of fused-ring (bicyclic) bond motifs is 1. The minimum Gasteiger partial charge on any atom is -0.475 e. The average Bonchev–Trinajstić information content (AvgIpc) is 3.34. The maximum Gasteiger partial charge on any atom is 0.214 e. The molecule has 1 aliphatic rings. The van der Waals surface area contributed by atoms with Crippen molar-refractivity contribution in [2.45, 2.75) is 13.0 Å². The smallest absolute Gasteiger partial charge is 0.214 e. The number of ether oxygens (including phenoxy) is 1. The van der Waals surface area contributed by atoms with Gasteiger partial charge >= 0.3 is 0 Å². The third kappa shape index (κ3) is 3.95. The van der Waals surface area contributed by atoms with Crippen LogP contribution in [0.15, 0.2) is 114 Å². The minimum absolute atomic E-state index is 0.0285. The van der Waals surface area contributed by atoms with Crippen LogP contribution in [0.2, 0.25) is 0 Å². The summed E-state index contributed by atoms with van der Waals surface area (Å²) in [6.07, 6.45) is 0. The summed E-state index contributed by atoms with van der Waals surface area (Å²) >= 11 is 0. The van der Waals surface area contributed by atoms with E-state index in [4.69, 9.17) is 9.73 Å². The molecule has 0 radical (unpaired) electrons. The van der Waals surface area contributed by atoms with Crippen molar-refractivity contribution in [1.82, 2.24) is 0 Å². The third-order valence-electron chi connectivity index (χ3n) is 5.64. The van der Waals surface area contributed by atoms with Crippen molar-refractivity contribution in [2.75, 3.05) is 11.9 Å². The molecular weight excluding hydrogens is 380 g/mol. The first kappa shape index (κ1) is 19.1. The van der Waals surface area contributed by atoms with Crippen LogP contribution in [0.4, 0.5) is 5.69 Å². The standard InChI is InChI=1S/C28H24N2O/c1-20(28-30-26(19-31-28)22-12-4-2-5-13-22)27(23-14-6-3-7-15-23)29-25-18-10-16-21-11-8-9-17-24(21)25/h2-18,26,29H,19H2,1H3. The molecule has 1 unspecified atom stereocenters. The van der Waals surface area contributed by atoms with Crippen LogP contribution in [0.25, 0.3) is 16.5 Å². The number of nitrogens with zero attached hydrogens (tertiary/aromatic N) is 1. The summed E-state index contributed by atoms with van der Waals surface area (Å²) in [5.74, 6) is 0.695. The highest BCUT2D eigenvalue weighted by atomic mass is 16.5. The van der Waals surface area contributed by atoms with Gasteiger partial charge in [-0.1, -0.05) is 97.1 Å². The van der Waals surface area contributed by atoms with E-state index < -0.39 is 0 Å². The van der Waals surface area contributed by atoms with Gasteiger partial charge in [-0.25, -0.2) is 4.99 Å². The Labute approximate surface area is 182 Å². The zero-order chi connectivity index (χ0) is 21.0. The van der Waals surface area contributed by atoms with E-state index in [9.17, 15) is 0 Å². The molecule has 1 atom stereocenters. The summed E-state index contributed by atoms with van der Waals surface area (Å²) in [6, 6.07) is 35.5. The maximum atomic E-state index is 6.06. The van der Waals surface area contributed by atoms with Crippen molar-refractivity contribution >= 4 is 28.1 Å². The van der Waals surface area contributed by atoms with Crippen LogP contribution in [0, 0.1) is 0 Å². The number of hydrogen-bond donors (Lipinski definition) is 1. The molecule has 0 saturated heterocycles. The quantitative estimate of drug-likeness (QED) is 0.394. The fraction of sp³-hybridized carbons (Fsp3) is 0.107. The molecule has 0 aromatic heterocycles. The predicted octanol–water partition coefficient (Wildman–Crippen LogP) is 6.85. The molecule has 5 rings (SSSR count). The molecule has 4 aromatic carbocycles. The van der Waals surface area contributed by atoms with Crippen molar-refractivity contribution in [3.05, 3.63) is 120 Å². The van der Waals surface area contributed by atoms with Crippen LogP contribution >= 0.6 is 0 Å². The number of anilines is 1. The lowest BCUT2D eigenvalue weighted by molar-refractivity contribution is 0.319. The van der Waals surface area contributed by atoms with E-state index in [1.54, 1.807) is 0 Å². The third-order valence-corrected chi connectivity index (χ3v) is 5.64. The van der Waals surface area contributed by atoms with Crippen molar-refractivity contribution in [2.24, 2.45) is 4.99 Å². The molecule has 152 valence electrons. The van der Waals surface area contributed by atoms with Gasteiger partial charge in [0.05, 0.1) is 5.70 Å². The van der Waals surface area contributed by atoms with Gasteiger partial charge in [0.25, 0.3) is 0 Å². The monoisotopic (exact) mass is 404 g/mol. The summed E-state index contributed by atoms with van der Waals surface area (Å²) in [7, 11) is 0. The maximum absolute atomic E-state index is 6.06. The number of hydrogen-bond acceptors (Lipinski definition) is 3. The fourth-order valence-corrected chi connectivity index (χ4v) is 3.99. The zero-order valence-electron chi connectivity index (χ0n) is 17.5. The minimum atomic E-state index is 0.0285. The van der Waals surface area contributed by atoms with Crippen LogP contribution in [0.3, 0.4) is 0 Å². The van der Waals surface area contributed by atoms with Gasteiger partial charge in [-0.05, 0) is 29.5 Å². The second-order valence-corrected chi connectivity index (χ2v) is 7.69. The molecule has 3 heteroatoms. The number of rotatable bonds is 5. The zero-order valence-corrected chi connectivity index (χ0v) is 17.5. The highest BCUT2D eigenvalue weighted by Gasteiger charge is 2.23. The number of nitrogens with one attached hydrogen (secondary N) is 1. The second-order valence-electron chi connectivity index (χ2n) is 7.69. The topological polar surface area (TPSA) is 33.6 Å². The van der Waals surface area contributed by atoms with E-state index in [1.165, 1.54) is 16.3 Å². The lowest BCUT2D eigenvalue weighted by atomic mass is 10.0. The normalized spacial score (nSPS) is 16.4. The van der Waals surface area contributed by atoms with Gasteiger partial charge in [0.15, 0.2) is 0 Å². The molecule has 0 saturated carbocycles. The molecule has 4 aromatic rings. The summed E-state index contributed by atoms with van der Waals surface area (Å²) in [5.41, 5.74) is 5.34. The summed E-state index contributed by atoms with van der Waals surface area (Å²) in [5, 5.41) is 6.08. The van der Waals surface area contributed by atoms with Gasteiger partial charge in [-0.3, -0.25) is 0 Å². The van der Waals surface area contributed by atoms with Gasteiger partial charge < -0.3 is 10.1 Å². The first-order valence-electron chi connectivity index (χ1n) is 10.6. The average molecular weight is 405 g/mol. The molecule has 1 N–H and O–H groups in total. The molecule has 0 bridgehead atoms. The lowest BCUT2D eigenvalue weighted by Crippen LogP contribution is -2.09. The Kier molecular flexibility index (Phi) is 5.24. The summed E-state index contributed by atoms with van der Waals surface area (Å²) in [4.78, 5) is 4.91. The van der Waals surface area contributed by atoms with Crippen LogP contribution < -0.4 is 5.32 Å². The highest BCUT2D eigenvalue weighted by molar-refractivity contribution is 6.05. The molecule has 1 heterocycles. The van der Waals surface area contributed by atoms with Crippen molar-refractivity contribution in [1.29, 1.82) is 0 Å². The van der Waals surface area contributed by atoms with Crippen LogP contribution in [-0.4, -0.2) is 12.5 Å². The van der Waals surface area contributed by atoms with Crippen molar-refractivity contribution in [3.8, 4) is 0 Å². The Balaban J connectivity index is 1.57. The number of aliphatic imine (C=N–C) groups is 1. The van der Waals surface area contributed by atoms with Crippen molar-refractivity contribution < 1.29 is 4.74 Å². The molecule has 1 aliphatic heterocycles. The van der Waals surface area contributed by atoms with E-state index in [1.807, 2.05) is 24.3 Å². The van der Waals surface area contributed by atoms with Crippen LogP contribution in [0.5, 0.6) is 0 Å². The number of benzene rings is 4. The highest BCUT2D eigenvalue weighted by Crippen LogP contribution is 2.31. The first-order chi connectivity index (χ1) is 15.3. The van der Waals surface area contributed by atoms with Gasteiger partial charge in [-0.2, -0.15) is 0 Å². The van der Waals surface area contributed by atoms with Gasteiger partial charge in [-0.15, -0.1) is 0 Å². The first-order valence-corrected chi connectivity index (χ1v) is 10.6. The van der Waals surface area contributed by atoms with Crippen molar-refractivity contribution in [3.63, 3.8) is 0 Å². The van der Waals surface area contributed by atoms with E-state index in [0.29, 0.717) is 12.5 Å². The van der Waals surface area contributed by atoms with Gasteiger partial charge in [0, 0.05) is 16.6 Å². The SMILES string of the molecule is CC(C1=NC(c2ccccc2)CO1)=C(Nc1cccc2ccccc12)c1ccccc1. The molecule has 0 fully saturated rings. The molecular formula is C28H24N2O. The molecule has 3 nitrogen and oxygen atoms in total. The second kappa shape index (κ2) is 8.49. The van der Waals surface area contributed by atoms with Gasteiger partial charge in [0.2, 0.25) is 5.90 Å². The van der Waals surface area contributed by atoms with E-state index >= 15 is 0 Å². The Morgan fingerprint density at radius 3 is 2.29 bits per heavy atom. The Morgan fingerprint density at radius 2 is 1.48 bits per heavy atom. The van der Waals surface area contributed by atoms with Crippen LogP contribution in [0.1, 0.15) is 24.1 Å². The predicted molar refractivity (Wildman–Crippen MR) is 129 cm³/mol. The summed E-state index contributed by atoms with van der Waals surface area (Å²) in [6.45, 7) is 2.64. The molecule has 0 aliphatic carbocycles. The van der Waals surface area contributed by atoms with Crippen LogP contribution in [-0.2, 0) is 4.74 Å². The van der Waals surface area contributed by atoms with E-state index in [0.717, 1.165) is 22.5 Å². The largest absolute Gasteiger partial charge is 0.475 e. The Morgan fingerprint density at radius 1 is 0.806 bits per heavy atom. The Hall–Kier alpha value is -3.85. The summed E-state index contributed by atoms with van der Waals surface area (Å²) < 4.78 is 6.06. The molecule has 31 heavy (non-hydrogen) atoms.